The Morgan fingerprint density at radius 1 is 1.00 bits per heavy atom. The normalized spacial score (nSPS) is 10.2. The number of rotatable bonds is 7. The van der Waals surface area contributed by atoms with Crippen LogP contribution in [-0.2, 0) is 6.42 Å². The average molecular weight is 256 g/mol. The first kappa shape index (κ1) is 13.3. The van der Waals surface area contributed by atoms with Crippen molar-refractivity contribution in [1.82, 2.24) is 9.97 Å². The zero-order chi connectivity index (χ0) is 13.3. The van der Waals surface area contributed by atoms with Crippen molar-refractivity contribution >= 4 is 11.8 Å². The van der Waals surface area contributed by atoms with Gasteiger partial charge in [0.1, 0.15) is 5.82 Å². The second-order valence-corrected chi connectivity index (χ2v) is 4.35. The zero-order valence-electron chi connectivity index (χ0n) is 11.3. The van der Waals surface area contributed by atoms with Gasteiger partial charge in [-0.25, -0.2) is 4.98 Å². The first-order valence-corrected chi connectivity index (χ1v) is 6.73. The first-order valence-electron chi connectivity index (χ1n) is 6.73. The lowest BCUT2D eigenvalue weighted by Crippen LogP contribution is -2.09. The summed E-state index contributed by atoms with van der Waals surface area (Å²) in [4.78, 5) is 8.62. The Morgan fingerprint density at radius 2 is 1.84 bits per heavy atom. The van der Waals surface area contributed by atoms with Crippen molar-refractivity contribution in [2.24, 2.45) is 0 Å². The van der Waals surface area contributed by atoms with Gasteiger partial charge in [0, 0.05) is 19.3 Å². The molecule has 0 radical (unpaired) electrons. The number of benzene rings is 1. The van der Waals surface area contributed by atoms with Gasteiger partial charge in [-0.2, -0.15) is 4.98 Å². The van der Waals surface area contributed by atoms with Crippen LogP contribution in [0.25, 0.3) is 0 Å². The van der Waals surface area contributed by atoms with Gasteiger partial charge in [-0.1, -0.05) is 37.3 Å². The summed E-state index contributed by atoms with van der Waals surface area (Å²) in [5.74, 6) is 1.55. The monoisotopic (exact) mass is 256 g/mol. The highest BCUT2D eigenvalue weighted by Crippen LogP contribution is 2.06. The highest BCUT2D eigenvalue weighted by atomic mass is 15.1. The summed E-state index contributed by atoms with van der Waals surface area (Å²) in [6.07, 6.45) is 3.83. The van der Waals surface area contributed by atoms with Crippen LogP contribution in [0.2, 0.25) is 0 Å². The van der Waals surface area contributed by atoms with Crippen LogP contribution < -0.4 is 10.6 Å². The van der Waals surface area contributed by atoms with E-state index in [9.17, 15) is 0 Å². The summed E-state index contributed by atoms with van der Waals surface area (Å²) in [5, 5.41) is 6.50. The van der Waals surface area contributed by atoms with E-state index in [4.69, 9.17) is 0 Å². The molecular formula is C15H20N4. The van der Waals surface area contributed by atoms with Gasteiger partial charge in [0.2, 0.25) is 5.95 Å². The SMILES string of the molecule is CCCNc1ccnc(NCCc2ccccc2)n1. The number of nitrogens with zero attached hydrogens (tertiary/aromatic N) is 2. The maximum atomic E-state index is 4.41. The van der Waals surface area contributed by atoms with Gasteiger partial charge in [0.05, 0.1) is 0 Å². The van der Waals surface area contributed by atoms with E-state index in [-0.39, 0.29) is 0 Å². The second kappa shape index (κ2) is 7.36. The first-order chi connectivity index (χ1) is 9.38. The highest BCUT2D eigenvalue weighted by molar-refractivity contribution is 5.39. The van der Waals surface area contributed by atoms with Crippen molar-refractivity contribution in [3.63, 3.8) is 0 Å². The molecule has 0 fully saturated rings. The van der Waals surface area contributed by atoms with Crippen LogP contribution in [0.1, 0.15) is 18.9 Å². The standard InChI is InChI=1S/C15H20N4/c1-2-10-16-14-9-12-18-15(19-14)17-11-8-13-6-4-3-5-7-13/h3-7,9,12H,2,8,10-11H2,1H3,(H2,16,17,18,19). The van der Waals surface area contributed by atoms with Gasteiger partial charge in [-0.05, 0) is 24.5 Å². The van der Waals surface area contributed by atoms with Crippen LogP contribution in [0.15, 0.2) is 42.6 Å². The molecule has 0 aliphatic carbocycles. The summed E-state index contributed by atoms with van der Waals surface area (Å²) in [7, 11) is 0. The van der Waals surface area contributed by atoms with Crippen molar-refractivity contribution in [1.29, 1.82) is 0 Å². The minimum Gasteiger partial charge on any atom is -0.370 e. The highest BCUT2D eigenvalue weighted by Gasteiger charge is 1.98. The third kappa shape index (κ3) is 4.58. The van der Waals surface area contributed by atoms with Crippen LogP contribution >= 0.6 is 0 Å². The quantitative estimate of drug-likeness (QED) is 0.799. The molecule has 0 amide bonds. The molecule has 19 heavy (non-hydrogen) atoms. The fourth-order valence-corrected chi connectivity index (χ4v) is 1.76. The van der Waals surface area contributed by atoms with Gasteiger partial charge < -0.3 is 10.6 Å². The van der Waals surface area contributed by atoms with Crippen LogP contribution in [0, 0.1) is 0 Å². The van der Waals surface area contributed by atoms with E-state index in [0.29, 0.717) is 5.95 Å². The van der Waals surface area contributed by atoms with E-state index in [1.807, 2.05) is 12.1 Å². The largest absolute Gasteiger partial charge is 0.370 e. The maximum Gasteiger partial charge on any atom is 0.224 e. The molecule has 1 aromatic carbocycles. The molecule has 0 saturated heterocycles. The average Bonchev–Trinajstić information content (AvgIpc) is 2.47. The molecule has 0 unspecified atom stereocenters. The molecule has 2 aromatic rings. The molecule has 4 nitrogen and oxygen atoms in total. The summed E-state index contributed by atoms with van der Waals surface area (Å²) >= 11 is 0. The molecule has 100 valence electrons. The lowest BCUT2D eigenvalue weighted by atomic mass is 10.1. The van der Waals surface area contributed by atoms with Crippen molar-refractivity contribution in [2.75, 3.05) is 23.7 Å². The lowest BCUT2D eigenvalue weighted by molar-refractivity contribution is 0.953. The van der Waals surface area contributed by atoms with Gasteiger partial charge in [-0.3, -0.25) is 0 Å². The molecule has 0 aliphatic rings. The third-order valence-corrected chi connectivity index (χ3v) is 2.75. The van der Waals surface area contributed by atoms with Crippen molar-refractivity contribution in [3.8, 4) is 0 Å². The van der Waals surface area contributed by atoms with Gasteiger partial charge >= 0.3 is 0 Å². The number of aromatic nitrogens is 2. The Bertz CT molecular complexity index is 485. The van der Waals surface area contributed by atoms with Crippen molar-refractivity contribution in [3.05, 3.63) is 48.2 Å². The zero-order valence-corrected chi connectivity index (χ0v) is 11.3. The molecule has 0 spiro atoms. The Hall–Kier alpha value is -2.10. The molecule has 1 heterocycles. The predicted molar refractivity (Wildman–Crippen MR) is 79.4 cm³/mol. The van der Waals surface area contributed by atoms with Gasteiger partial charge in [0.15, 0.2) is 0 Å². The van der Waals surface area contributed by atoms with Crippen LogP contribution in [0.5, 0.6) is 0 Å². The predicted octanol–water partition coefficient (Wildman–Crippen LogP) is 2.95. The Labute approximate surface area is 114 Å². The summed E-state index contributed by atoms with van der Waals surface area (Å²) in [5.41, 5.74) is 1.32. The molecule has 0 bridgehead atoms. The molecule has 2 rings (SSSR count). The van der Waals surface area contributed by atoms with Crippen molar-refractivity contribution < 1.29 is 0 Å². The van der Waals surface area contributed by atoms with Crippen LogP contribution in [-0.4, -0.2) is 23.1 Å². The molecule has 0 saturated carbocycles. The molecule has 2 N–H and O–H groups in total. The second-order valence-electron chi connectivity index (χ2n) is 4.35. The number of hydrogen-bond donors (Lipinski definition) is 2. The maximum absolute atomic E-state index is 4.41. The molecular weight excluding hydrogens is 236 g/mol. The molecule has 0 atom stereocenters. The summed E-state index contributed by atoms with van der Waals surface area (Å²) in [6.45, 7) is 3.90. The lowest BCUT2D eigenvalue weighted by Gasteiger charge is -2.07. The van der Waals surface area contributed by atoms with E-state index in [2.05, 4.69) is 51.8 Å². The fourth-order valence-electron chi connectivity index (χ4n) is 1.76. The van der Waals surface area contributed by atoms with E-state index in [1.165, 1.54) is 5.56 Å². The molecule has 4 heteroatoms. The van der Waals surface area contributed by atoms with Crippen LogP contribution in [0.3, 0.4) is 0 Å². The smallest absolute Gasteiger partial charge is 0.224 e. The topological polar surface area (TPSA) is 49.8 Å². The fraction of sp³-hybridized carbons (Fsp3) is 0.333. The van der Waals surface area contributed by atoms with E-state index in [0.717, 1.165) is 31.7 Å². The van der Waals surface area contributed by atoms with E-state index in [1.54, 1.807) is 6.20 Å². The van der Waals surface area contributed by atoms with Gasteiger partial charge in [-0.15, -0.1) is 0 Å². The minimum absolute atomic E-state index is 0.678. The number of hydrogen-bond acceptors (Lipinski definition) is 4. The van der Waals surface area contributed by atoms with Crippen molar-refractivity contribution in [2.45, 2.75) is 19.8 Å². The minimum atomic E-state index is 0.678. The number of anilines is 2. The Balaban J connectivity index is 1.82. The number of nitrogens with one attached hydrogen (secondary N) is 2. The van der Waals surface area contributed by atoms with Gasteiger partial charge in [0.25, 0.3) is 0 Å². The summed E-state index contributed by atoms with van der Waals surface area (Å²) in [6, 6.07) is 12.3. The molecule has 1 aromatic heterocycles. The Kier molecular flexibility index (Phi) is 5.17. The summed E-state index contributed by atoms with van der Waals surface area (Å²) < 4.78 is 0. The third-order valence-electron chi connectivity index (χ3n) is 2.75. The molecule has 0 aliphatic heterocycles. The van der Waals surface area contributed by atoms with E-state index < -0.39 is 0 Å². The Morgan fingerprint density at radius 3 is 2.63 bits per heavy atom. The van der Waals surface area contributed by atoms with E-state index >= 15 is 0 Å². The van der Waals surface area contributed by atoms with Crippen LogP contribution in [0.4, 0.5) is 11.8 Å².